The molecule has 0 aromatic heterocycles. The fourth-order valence-corrected chi connectivity index (χ4v) is 2.11. The molecule has 4 heteroatoms. The molecule has 1 heterocycles. The van der Waals surface area contributed by atoms with Gasteiger partial charge in [0.2, 0.25) is 0 Å². The van der Waals surface area contributed by atoms with Crippen molar-refractivity contribution in [3.05, 3.63) is 0 Å². The number of unbranched alkanes of at least 4 members (excludes halogenated alkanes) is 1. The van der Waals surface area contributed by atoms with Crippen molar-refractivity contribution in [3.8, 4) is 0 Å². The smallest absolute Gasteiger partial charge is 0.0963 e. The molecule has 1 aliphatic rings. The molecule has 1 rings (SSSR count). The summed E-state index contributed by atoms with van der Waals surface area (Å²) in [5, 5.41) is 7.51. The van der Waals surface area contributed by atoms with Crippen molar-refractivity contribution in [2.75, 3.05) is 39.8 Å². The van der Waals surface area contributed by atoms with E-state index >= 15 is 0 Å². The molecule has 0 amide bonds. The highest BCUT2D eigenvalue weighted by Gasteiger charge is 2.21. The van der Waals surface area contributed by atoms with E-state index in [1.165, 1.54) is 45.6 Å². The number of rotatable bonds is 6. The van der Waals surface area contributed by atoms with Gasteiger partial charge in [0.25, 0.3) is 0 Å². The first-order valence-electron chi connectivity index (χ1n) is 6.67. The molecule has 0 aliphatic carbocycles. The molecule has 4 nitrogen and oxygen atoms in total. The molecule has 0 aromatic carbocycles. The van der Waals surface area contributed by atoms with Gasteiger partial charge in [-0.05, 0) is 26.4 Å². The van der Waals surface area contributed by atoms with Crippen LogP contribution >= 0.6 is 0 Å². The molecule has 1 saturated heterocycles. The van der Waals surface area contributed by atoms with E-state index in [9.17, 15) is 0 Å². The minimum Gasteiger partial charge on any atom is -0.387 e. The lowest BCUT2D eigenvalue weighted by molar-refractivity contribution is 0.151. The van der Waals surface area contributed by atoms with Gasteiger partial charge in [-0.2, -0.15) is 0 Å². The highest BCUT2D eigenvalue weighted by molar-refractivity contribution is 5.82. The van der Waals surface area contributed by atoms with Crippen molar-refractivity contribution >= 4 is 5.84 Å². The molecule has 0 unspecified atom stereocenters. The maximum Gasteiger partial charge on any atom is 0.0963 e. The maximum absolute atomic E-state index is 7.51. The van der Waals surface area contributed by atoms with Crippen LogP contribution in [0.1, 0.15) is 33.1 Å². The molecule has 0 aromatic rings. The number of hydrogen-bond acceptors (Lipinski definition) is 3. The van der Waals surface area contributed by atoms with Crippen LogP contribution in [0.3, 0.4) is 0 Å². The van der Waals surface area contributed by atoms with Gasteiger partial charge in [-0.1, -0.05) is 20.3 Å². The summed E-state index contributed by atoms with van der Waals surface area (Å²) in [4.78, 5) is 4.93. The van der Waals surface area contributed by atoms with Crippen molar-refractivity contribution in [2.45, 2.75) is 33.1 Å². The van der Waals surface area contributed by atoms with E-state index in [4.69, 9.17) is 11.1 Å². The zero-order valence-corrected chi connectivity index (χ0v) is 11.6. The largest absolute Gasteiger partial charge is 0.387 e. The fourth-order valence-electron chi connectivity index (χ4n) is 2.11. The molecule has 1 fully saturated rings. The van der Waals surface area contributed by atoms with Crippen molar-refractivity contribution < 1.29 is 0 Å². The molecule has 0 atom stereocenters. The van der Waals surface area contributed by atoms with Crippen LogP contribution in [-0.4, -0.2) is 55.4 Å². The lowest BCUT2D eigenvalue weighted by atomic mass is 9.86. The van der Waals surface area contributed by atoms with E-state index in [1.807, 2.05) is 0 Å². The highest BCUT2D eigenvalue weighted by Crippen LogP contribution is 2.22. The third kappa shape index (κ3) is 5.04. The molecule has 0 radical (unpaired) electrons. The standard InChI is InChI=1S/C13H28N4/c1-13(2,12(14)15)6-4-5-7-17-10-8-16(3)9-11-17/h4-11H2,1-3H3,(H3,14,15). The first-order valence-corrected chi connectivity index (χ1v) is 6.67. The number of nitrogens with two attached hydrogens (primary N) is 1. The van der Waals surface area contributed by atoms with Gasteiger partial charge in [-0.3, -0.25) is 5.41 Å². The van der Waals surface area contributed by atoms with Crippen LogP contribution in [0.5, 0.6) is 0 Å². The average Bonchev–Trinajstić information content (AvgIpc) is 2.26. The Hall–Kier alpha value is -0.610. The zero-order chi connectivity index (χ0) is 12.9. The van der Waals surface area contributed by atoms with Crippen LogP contribution in [0.25, 0.3) is 0 Å². The van der Waals surface area contributed by atoms with E-state index in [-0.39, 0.29) is 5.41 Å². The molecule has 17 heavy (non-hydrogen) atoms. The van der Waals surface area contributed by atoms with E-state index in [0.29, 0.717) is 5.84 Å². The lowest BCUT2D eigenvalue weighted by Crippen LogP contribution is -2.44. The quantitative estimate of drug-likeness (QED) is 0.419. The maximum atomic E-state index is 7.51. The van der Waals surface area contributed by atoms with E-state index in [0.717, 1.165) is 6.42 Å². The molecule has 0 spiro atoms. The lowest BCUT2D eigenvalue weighted by Gasteiger charge is -2.32. The molecule has 0 bridgehead atoms. The van der Waals surface area contributed by atoms with Gasteiger partial charge < -0.3 is 15.5 Å². The minimum absolute atomic E-state index is 0.123. The van der Waals surface area contributed by atoms with Gasteiger partial charge in [0.1, 0.15) is 0 Å². The summed E-state index contributed by atoms with van der Waals surface area (Å²) in [5.41, 5.74) is 5.45. The second kappa shape index (κ2) is 6.36. The van der Waals surface area contributed by atoms with Gasteiger partial charge in [0.05, 0.1) is 5.84 Å². The summed E-state index contributed by atoms with van der Waals surface area (Å²) in [6, 6.07) is 0. The number of hydrogen-bond donors (Lipinski definition) is 2. The Morgan fingerprint density at radius 1 is 1.18 bits per heavy atom. The highest BCUT2D eigenvalue weighted by atomic mass is 15.2. The molecule has 100 valence electrons. The Morgan fingerprint density at radius 3 is 2.29 bits per heavy atom. The van der Waals surface area contributed by atoms with E-state index in [1.54, 1.807) is 0 Å². The van der Waals surface area contributed by atoms with Gasteiger partial charge >= 0.3 is 0 Å². The van der Waals surface area contributed by atoms with Crippen LogP contribution in [0.15, 0.2) is 0 Å². The van der Waals surface area contributed by atoms with Crippen LogP contribution in [0.4, 0.5) is 0 Å². The van der Waals surface area contributed by atoms with Crippen LogP contribution < -0.4 is 5.73 Å². The summed E-state index contributed by atoms with van der Waals surface area (Å²) < 4.78 is 0. The third-order valence-corrected chi connectivity index (χ3v) is 3.85. The number of nitrogens with one attached hydrogen (secondary N) is 1. The Labute approximate surface area is 106 Å². The van der Waals surface area contributed by atoms with Gasteiger partial charge in [-0.15, -0.1) is 0 Å². The Morgan fingerprint density at radius 2 is 1.76 bits per heavy atom. The van der Waals surface area contributed by atoms with Crippen molar-refractivity contribution in [3.63, 3.8) is 0 Å². The summed E-state index contributed by atoms with van der Waals surface area (Å²) in [7, 11) is 2.19. The Kier molecular flexibility index (Phi) is 5.40. The Balaban J connectivity index is 2.10. The van der Waals surface area contributed by atoms with Crippen molar-refractivity contribution in [2.24, 2.45) is 11.1 Å². The van der Waals surface area contributed by atoms with Gasteiger partial charge in [0.15, 0.2) is 0 Å². The third-order valence-electron chi connectivity index (χ3n) is 3.85. The molecule has 3 N–H and O–H groups in total. The zero-order valence-electron chi connectivity index (χ0n) is 11.6. The normalized spacial score (nSPS) is 19.5. The summed E-state index contributed by atoms with van der Waals surface area (Å²) in [6.07, 6.45) is 3.41. The summed E-state index contributed by atoms with van der Waals surface area (Å²) in [5.74, 6) is 0.317. The predicted octanol–water partition coefficient (Wildman–Crippen LogP) is 1.37. The molecular formula is C13H28N4. The van der Waals surface area contributed by atoms with Gasteiger partial charge in [-0.25, -0.2) is 0 Å². The summed E-state index contributed by atoms with van der Waals surface area (Å²) >= 11 is 0. The summed E-state index contributed by atoms with van der Waals surface area (Å²) in [6.45, 7) is 10.1. The first kappa shape index (κ1) is 14.5. The van der Waals surface area contributed by atoms with Crippen LogP contribution in [-0.2, 0) is 0 Å². The number of amidine groups is 1. The number of nitrogens with zero attached hydrogens (tertiary/aromatic N) is 2. The van der Waals surface area contributed by atoms with Crippen molar-refractivity contribution in [1.29, 1.82) is 5.41 Å². The van der Waals surface area contributed by atoms with Crippen LogP contribution in [0.2, 0.25) is 0 Å². The topological polar surface area (TPSA) is 56.4 Å². The molecule has 1 aliphatic heterocycles. The van der Waals surface area contributed by atoms with E-state index in [2.05, 4.69) is 30.7 Å². The first-order chi connectivity index (χ1) is 7.92. The SMILES string of the molecule is CN1CCN(CCCCC(C)(C)C(=N)N)CC1. The average molecular weight is 240 g/mol. The van der Waals surface area contributed by atoms with Crippen molar-refractivity contribution in [1.82, 2.24) is 9.80 Å². The monoisotopic (exact) mass is 240 g/mol. The molecular weight excluding hydrogens is 212 g/mol. The number of piperazine rings is 1. The second-order valence-corrected chi connectivity index (χ2v) is 5.90. The second-order valence-electron chi connectivity index (χ2n) is 5.90. The van der Waals surface area contributed by atoms with Crippen LogP contribution in [0, 0.1) is 10.8 Å². The fraction of sp³-hybridized carbons (Fsp3) is 0.923. The Bertz CT molecular complexity index is 242. The minimum atomic E-state index is -0.123. The van der Waals surface area contributed by atoms with E-state index < -0.39 is 0 Å². The molecule has 0 saturated carbocycles. The predicted molar refractivity (Wildman–Crippen MR) is 73.5 cm³/mol. The van der Waals surface area contributed by atoms with Gasteiger partial charge in [0, 0.05) is 31.6 Å². The number of likely N-dealkylation sites (N-methyl/N-ethyl adjacent to an activating group) is 1.